The Labute approximate surface area is 87.2 Å². The zero-order valence-corrected chi connectivity index (χ0v) is 8.81. The molecule has 82 valence electrons. The Balaban J connectivity index is 2.89. The lowest BCUT2D eigenvalue weighted by Crippen LogP contribution is -2.11. The highest BCUT2D eigenvalue weighted by atomic mass is 16.7. The number of nitrogens with zero attached hydrogens (tertiary/aromatic N) is 2. The number of carbonyl (C=O) groups is 1. The van der Waals surface area contributed by atoms with Gasteiger partial charge in [-0.3, -0.25) is 0 Å². The summed E-state index contributed by atoms with van der Waals surface area (Å²) in [7, 11) is 1.21. The standard InChI is InChI=1S/C9H12N2O4/c1-4-14-8-7(15-9(12)13-3)10-5-6(2)11-8/h5H,4H2,1-3H3. The van der Waals surface area contributed by atoms with E-state index in [-0.39, 0.29) is 11.8 Å². The predicted molar refractivity (Wildman–Crippen MR) is 51.0 cm³/mol. The number of ether oxygens (including phenoxy) is 3. The van der Waals surface area contributed by atoms with E-state index in [4.69, 9.17) is 9.47 Å². The second kappa shape index (κ2) is 5.14. The maximum atomic E-state index is 10.9. The molecule has 0 fully saturated rings. The largest absolute Gasteiger partial charge is 0.515 e. The first-order valence-corrected chi connectivity index (χ1v) is 4.39. The van der Waals surface area contributed by atoms with Crippen molar-refractivity contribution < 1.29 is 19.0 Å². The number of rotatable bonds is 3. The van der Waals surface area contributed by atoms with Crippen LogP contribution in [-0.4, -0.2) is 29.8 Å². The van der Waals surface area contributed by atoms with E-state index in [1.807, 2.05) is 0 Å². The molecular formula is C9H12N2O4. The van der Waals surface area contributed by atoms with E-state index in [1.54, 1.807) is 13.8 Å². The van der Waals surface area contributed by atoms with Crippen LogP contribution in [0.4, 0.5) is 4.79 Å². The fourth-order valence-electron chi connectivity index (χ4n) is 0.865. The number of aryl methyl sites for hydroxylation is 1. The first kappa shape index (κ1) is 11.2. The van der Waals surface area contributed by atoms with Crippen molar-refractivity contribution in [1.29, 1.82) is 0 Å². The Bertz CT molecular complexity index is 354. The molecule has 0 saturated carbocycles. The molecule has 0 unspecified atom stereocenters. The molecule has 0 aliphatic heterocycles. The SMILES string of the molecule is CCOc1nc(C)cnc1OC(=O)OC. The molecule has 0 aromatic carbocycles. The van der Waals surface area contributed by atoms with Gasteiger partial charge in [0.15, 0.2) is 0 Å². The second-order valence-electron chi connectivity index (χ2n) is 2.61. The summed E-state index contributed by atoms with van der Waals surface area (Å²) in [4.78, 5) is 18.8. The van der Waals surface area contributed by atoms with Gasteiger partial charge in [0.1, 0.15) is 0 Å². The maximum Gasteiger partial charge on any atom is 0.515 e. The zero-order valence-electron chi connectivity index (χ0n) is 8.81. The third-order valence-electron chi connectivity index (χ3n) is 1.46. The average molecular weight is 212 g/mol. The van der Waals surface area contributed by atoms with Gasteiger partial charge >= 0.3 is 6.16 Å². The summed E-state index contributed by atoms with van der Waals surface area (Å²) < 4.78 is 14.2. The van der Waals surface area contributed by atoms with Crippen molar-refractivity contribution in [2.75, 3.05) is 13.7 Å². The fraction of sp³-hybridized carbons (Fsp3) is 0.444. The number of carbonyl (C=O) groups excluding carboxylic acids is 1. The molecule has 0 N–H and O–H groups in total. The summed E-state index contributed by atoms with van der Waals surface area (Å²) in [6.07, 6.45) is 0.620. The Kier molecular flexibility index (Phi) is 3.84. The van der Waals surface area contributed by atoms with Gasteiger partial charge in [-0.25, -0.2) is 14.8 Å². The number of hydrogen-bond donors (Lipinski definition) is 0. The van der Waals surface area contributed by atoms with Gasteiger partial charge in [0.25, 0.3) is 11.8 Å². The van der Waals surface area contributed by atoms with E-state index in [9.17, 15) is 4.79 Å². The second-order valence-corrected chi connectivity index (χ2v) is 2.61. The quantitative estimate of drug-likeness (QED) is 0.704. The molecule has 1 rings (SSSR count). The van der Waals surface area contributed by atoms with Gasteiger partial charge in [-0.15, -0.1) is 0 Å². The van der Waals surface area contributed by atoms with E-state index in [0.29, 0.717) is 12.3 Å². The van der Waals surface area contributed by atoms with Crippen molar-refractivity contribution in [3.05, 3.63) is 11.9 Å². The molecule has 1 aromatic rings. The molecule has 6 nitrogen and oxygen atoms in total. The van der Waals surface area contributed by atoms with Crippen molar-refractivity contribution in [3.8, 4) is 11.8 Å². The van der Waals surface area contributed by atoms with Crippen LogP contribution in [0.1, 0.15) is 12.6 Å². The van der Waals surface area contributed by atoms with Crippen molar-refractivity contribution >= 4 is 6.16 Å². The van der Waals surface area contributed by atoms with Crippen molar-refractivity contribution in [2.45, 2.75) is 13.8 Å². The molecule has 0 aliphatic rings. The average Bonchev–Trinajstić information content (AvgIpc) is 2.22. The van der Waals surface area contributed by atoms with Crippen LogP contribution in [0.3, 0.4) is 0 Å². The summed E-state index contributed by atoms with van der Waals surface area (Å²) in [5, 5.41) is 0. The molecule has 15 heavy (non-hydrogen) atoms. The third kappa shape index (κ3) is 3.08. The third-order valence-corrected chi connectivity index (χ3v) is 1.46. The maximum absolute atomic E-state index is 10.9. The normalized spacial score (nSPS) is 9.53. The Morgan fingerprint density at radius 3 is 2.80 bits per heavy atom. The minimum absolute atomic E-state index is 0.00861. The van der Waals surface area contributed by atoms with Gasteiger partial charge in [0.2, 0.25) is 0 Å². The minimum atomic E-state index is -0.853. The van der Waals surface area contributed by atoms with Gasteiger partial charge in [-0.05, 0) is 13.8 Å². The molecule has 1 heterocycles. The summed E-state index contributed by atoms with van der Waals surface area (Å²) in [6.45, 7) is 3.97. The lowest BCUT2D eigenvalue weighted by molar-refractivity contribution is 0.117. The van der Waals surface area contributed by atoms with Gasteiger partial charge in [-0.1, -0.05) is 0 Å². The van der Waals surface area contributed by atoms with E-state index in [2.05, 4.69) is 14.7 Å². The summed E-state index contributed by atoms with van der Waals surface area (Å²) in [6, 6.07) is 0. The number of hydrogen-bond acceptors (Lipinski definition) is 6. The topological polar surface area (TPSA) is 70.5 Å². The monoisotopic (exact) mass is 212 g/mol. The van der Waals surface area contributed by atoms with Crippen LogP contribution in [0.5, 0.6) is 11.8 Å². The summed E-state index contributed by atoms with van der Waals surface area (Å²) in [5.74, 6) is 0.192. The zero-order chi connectivity index (χ0) is 11.3. The molecule has 6 heteroatoms. The Hall–Kier alpha value is -1.85. The number of methoxy groups -OCH3 is 1. The van der Waals surface area contributed by atoms with Crippen LogP contribution >= 0.6 is 0 Å². The van der Waals surface area contributed by atoms with Crippen LogP contribution in [0, 0.1) is 6.92 Å². The Morgan fingerprint density at radius 2 is 2.20 bits per heavy atom. The van der Waals surface area contributed by atoms with E-state index in [0.717, 1.165) is 0 Å². The molecule has 1 aromatic heterocycles. The predicted octanol–water partition coefficient (Wildman–Crippen LogP) is 1.33. The van der Waals surface area contributed by atoms with Crippen molar-refractivity contribution in [3.63, 3.8) is 0 Å². The molecule has 0 spiro atoms. The lowest BCUT2D eigenvalue weighted by Gasteiger charge is -2.07. The van der Waals surface area contributed by atoms with E-state index < -0.39 is 6.16 Å². The van der Waals surface area contributed by atoms with E-state index >= 15 is 0 Å². The molecule has 0 amide bonds. The van der Waals surface area contributed by atoms with Crippen molar-refractivity contribution in [1.82, 2.24) is 9.97 Å². The van der Waals surface area contributed by atoms with E-state index in [1.165, 1.54) is 13.3 Å². The number of aromatic nitrogens is 2. The highest BCUT2D eigenvalue weighted by Gasteiger charge is 2.13. The minimum Gasteiger partial charge on any atom is -0.474 e. The van der Waals surface area contributed by atoms with Gasteiger partial charge in [0.05, 0.1) is 25.6 Å². The smallest absolute Gasteiger partial charge is 0.474 e. The molecule has 0 saturated heterocycles. The first-order chi connectivity index (χ1) is 7.17. The molecule has 0 radical (unpaired) electrons. The first-order valence-electron chi connectivity index (χ1n) is 4.39. The van der Waals surface area contributed by atoms with Crippen LogP contribution in [0.25, 0.3) is 0 Å². The van der Waals surface area contributed by atoms with Crippen LogP contribution in [0.15, 0.2) is 6.20 Å². The Morgan fingerprint density at radius 1 is 1.47 bits per heavy atom. The molecule has 0 bridgehead atoms. The molecule has 0 atom stereocenters. The highest BCUT2D eigenvalue weighted by Crippen LogP contribution is 2.21. The molecule has 0 aliphatic carbocycles. The van der Waals surface area contributed by atoms with Gasteiger partial charge < -0.3 is 14.2 Å². The summed E-state index contributed by atoms with van der Waals surface area (Å²) in [5.41, 5.74) is 0.677. The molecular weight excluding hydrogens is 200 g/mol. The van der Waals surface area contributed by atoms with Crippen LogP contribution < -0.4 is 9.47 Å². The van der Waals surface area contributed by atoms with Crippen LogP contribution in [-0.2, 0) is 4.74 Å². The van der Waals surface area contributed by atoms with Gasteiger partial charge in [0, 0.05) is 0 Å². The fourth-order valence-corrected chi connectivity index (χ4v) is 0.865. The van der Waals surface area contributed by atoms with Gasteiger partial charge in [-0.2, -0.15) is 0 Å². The lowest BCUT2D eigenvalue weighted by atomic mass is 10.5. The van der Waals surface area contributed by atoms with Crippen LogP contribution in [0.2, 0.25) is 0 Å². The highest BCUT2D eigenvalue weighted by molar-refractivity contribution is 5.63. The summed E-state index contributed by atoms with van der Waals surface area (Å²) >= 11 is 0. The van der Waals surface area contributed by atoms with Crippen molar-refractivity contribution in [2.24, 2.45) is 0 Å².